The van der Waals surface area contributed by atoms with Gasteiger partial charge in [0.1, 0.15) is 5.75 Å². The molecule has 0 fully saturated rings. The summed E-state index contributed by atoms with van der Waals surface area (Å²) in [5.41, 5.74) is 1.24. The highest BCUT2D eigenvalue weighted by Crippen LogP contribution is 2.12. The van der Waals surface area contributed by atoms with E-state index in [1.54, 1.807) is 25.5 Å². The maximum Gasteiger partial charge on any atom is 0.191 e. The zero-order valence-electron chi connectivity index (χ0n) is 14.3. The summed E-state index contributed by atoms with van der Waals surface area (Å²) in [6, 6.07) is 8.13. The van der Waals surface area contributed by atoms with Gasteiger partial charge in [-0.3, -0.25) is 4.99 Å². The Morgan fingerprint density at radius 1 is 1.25 bits per heavy atom. The van der Waals surface area contributed by atoms with E-state index in [2.05, 4.69) is 39.7 Å². The van der Waals surface area contributed by atoms with Gasteiger partial charge in [-0.2, -0.15) is 0 Å². The summed E-state index contributed by atoms with van der Waals surface area (Å²) in [6.45, 7) is 3.72. The van der Waals surface area contributed by atoms with Crippen LogP contribution in [0.15, 0.2) is 35.5 Å². The average Bonchev–Trinajstić information content (AvgIpc) is 2.99. The molecule has 2 aromatic rings. The van der Waals surface area contributed by atoms with E-state index in [0.717, 1.165) is 42.6 Å². The predicted molar refractivity (Wildman–Crippen MR) is 112 cm³/mol. The normalized spacial score (nSPS) is 10.9. The summed E-state index contributed by atoms with van der Waals surface area (Å²) in [5.74, 6) is 1.71. The van der Waals surface area contributed by atoms with E-state index in [9.17, 15) is 0 Å². The van der Waals surface area contributed by atoms with Crippen LogP contribution in [0, 0.1) is 6.92 Å². The van der Waals surface area contributed by atoms with E-state index in [0.29, 0.717) is 0 Å². The summed E-state index contributed by atoms with van der Waals surface area (Å²) in [5, 5.41) is 7.80. The van der Waals surface area contributed by atoms with Crippen LogP contribution in [0.2, 0.25) is 0 Å². The van der Waals surface area contributed by atoms with Crippen molar-refractivity contribution in [1.29, 1.82) is 0 Å². The third kappa shape index (κ3) is 7.04. The first-order valence-electron chi connectivity index (χ1n) is 7.70. The highest BCUT2D eigenvalue weighted by Gasteiger charge is 2.01. The number of aromatic nitrogens is 1. The van der Waals surface area contributed by atoms with E-state index < -0.39 is 0 Å². The van der Waals surface area contributed by atoms with Crippen LogP contribution >= 0.6 is 35.3 Å². The first kappa shape index (κ1) is 20.7. The molecule has 0 aliphatic rings. The van der Waals surface area contributed by atoms with Crippen LogP contribution < -0.4 is 15.4 Å². The van der Waals surface area contributed by atoms with Crippen LogP contribution in [-0.4, -0.2) is 38.2 Å². The second kappa shape index (κ2) is 11.2. The molecule has 24 heavy (non-hydrogen) atoms. The molecule has 0 saturated carbocycles. The lowest BCUT2D eigenvalue weighted by Gasteiger charge is -2.11. The number of methoxy groups -OCH3 is 1. The lowest BCUT2D eigenvalue weighted by atomic mass is 10.1. The lowest BCUT2D eigenvalue weighted by Crippen LogP contribution is -2.39. The van der Waals surface area contributed by atoms with E-state index in [-0.39, 0.29) is 24.0 Å². The van der Waals surface area contributed by atoms with Gasteiger partial charge in [-0.25, -0.2) is 4.98 Å². The highest BCUT2D eigenvalue weighted by molar-refractivity contribution is 14.0. The Kier molecular flexibility index (Phi) is 9.70. The fourth-order valence-corrected chi connectivity index (χ4v) is 2.97. The molecule has 7 heteroatoms. The molecule has 1 heterocycles. The van der Waals surface area contributed by atoms with E-state index in [1.165, 1.54) is 10.4 Å². The largest absolute Gasteiger partial charge is 0.497 e. The molecule has 1 aromatic heterocycles. The number of nitrogens with one attached hydrogen (secondary N) is 2. The van der Waals surface area contributed by atoms with Crippen LogP contribution in [0.25, 0.3) is 0 Å². The minimum absolute atomic E-state index is 0. The predicted octanol–water partition coefficient (Wildman–Crippen LogP) is 3.03. The summed E-state index contributed by atoms with van der Waals surface area (Å²) < 4.78 is 5.24. The van der Waals surface area contributed by atoms with Gasteiger partial charge in [-0.05, 0) is 31.0 Å². The molecule has 0 saturated heterocycles. The Morgan fingerprint density at radius 2 is 2.00 bits per heavy atom. The SMILES string of the molecule is CN=C(NCCc1cccc(OC)c1)NCCc1ncc(C)s1.I. The second-order valence-electron chi connectivity index (χ2n) is 5.14. The summed E-state index contributed by atoms with van der Waals surface area (Å²) in [4.78, 5) is 9.86. The molecule has 5 nitrogen and oxygen atoms in total. The Hall–Kier alpha value is -1.35. The molecule has 0 aliphatic carbocycles. The Labute approximate surface area is 165 Å². The third-order valence-corrected chi connectivity index (χ3v) is 4.34. The molecule has 0 bridgehead atoms. The standard InChI is InChI=1S/C17H24N4OS.HI/c1-13-12-21-16(23-13)8-10-20-17(18-2)19-9-7-14-5-4-6-15(11-14)22-3;/h4-6,11-12H,7-10H2,1-3H3,(H2,18,19,20);1H. The Balaban J connectivity index is 0.00000288. The molecule has 0 spiro atoms. The Bertz CT molecular complexity index is 645. The monoisotopic (exact) mass is 460 g/mol. The van der Waals surface area contributed by atoms with Gasteiger partial charge in [0.05, 0.1) is 12.1 Å². The van der Waals surface area contributed by atoms with Gasteiger partial charge in [0, 0.05) is 37.6 Å². The van der Waals surface area contributed by atoms with Crippen LogP contribution in [0.4, 0.5) is 0 Å². The van der Waals surface area contributed by atoms with E-state index in [4.69, 9.17) is 4.74 Å². The number of rotatable bonds is 7. The average molecular weight is 460 g/mol. The van der Waals surface area contributed by atoms with Gasteiger partial charge in [0.15, 0.2) is 5.96 Å². The smallest absolute Gasteiger partial charge is 0.191 e. The number of guanidine groups is 1. The first-order valence-corrected chi connectivity index (χ1v) is 8.51. The fourth-order valence-electron chi connectivity index (χ4n) is 2.18. The number of aliphatic imine (C=N–C) groups is 1. The van der Waals surface area contributed by atoms with Crippen LogP contribution in [0.1, 0.15) is 15.4 Å². The molecule has 2 rings (SSSR count). The lowest BCUT2D eigenvalue weighted by molar-refractivity contribution is 0.414. The molecular formula is C17H25IN4OS. The van der Waals surface area contributed by atoms with Gasteiger partial charge in [0.2, 0.25) is 0 Å². The van der Waals surface area contributed by atoms with Gasteiger partial charge in [-0.1, -0.05) is 12.1 Å². The molecule has 1 aromatic carbocycles. The maximum atomic E-state index is 5.24. The van der Waals surface area contributed by atoms with Crippen molar-refractivity contribution in [2.24, 2.45) is 4.99 Å². The number of aryl methyl sites for hydroxylation is 1. The molecule has 0 amide bonds. The second-order valence-corrected chi connectivity index (χ2v) is 6.46. The van der Waals surface area contributed by atoms with Gasteiger partial charge in [-0.15, -0.1) is 35.3 Å². The number of nitrogens with zero attached hydrogens (tertiary/aromatic N) is 2. The van der Waals surface area contributed by atoms with Gasteiger partial charge >= 0.3 is 0 Å². The fraction of sp³-hybridized carbons (Fsp3) is 0.412. The summed E-state index contributed by atoms with van der Waals surface area (Å²) in [6.07, 6.45) is 3.75. The molecule has 0 unspecified atom stereocenters. The van der Waals surface area contributed by atoms with Crippen LogP contribution in [-0.2, 0) is 12.8 Å². The molecule has 0 aliphatic heterocycles. The van der Waals surface area contributed by atoms with Crippen molar-refractivity contribution >= 4 is 41.3 Å². The van der Waals surface area contributed by atoms with Crippen molar-refractivity contribution in [2.45, 2.75) is 19.8 Å². The summed E-state index contributed by atoms with van der Waals surface area (Å²) >= 11 is 1.74. The number of benzene rings is 1. The molecule has 0 radical (unpaired) electrons. The van der Waals surface area contributed by atoms with Crippen molar-refractivity contribution in [3.05, 3.63) is 45.9 Å². The zero-order valence-corrected chi connectivity index (χ0v) is 17.5. The minimum Gasteiger partial charge on any atom is -0.497 e. The van der Waals surface area contributed by atoms with E-state index in [1.807, 2.05) is 18.3 Å². The molecular weight excluding hydrogens is 435 g/mol. The van der Waals surface area contributed by atoms with Crippen molar-refractivity contribution in [2.75, 3.05) is 27.2 Å². The van der Waals surface area contributed by atoms with Crippen LogP contribution in [0.3, 0.4) is 0 Å². The Morgan fingerprint density at radius 3 is 2.62 bits per heavy atom. The molecule has 132 valence electrons. The minimum atomic E-state index is 0. The first-order chi connectivity index (χ1) is 11.2. The number of hydrogen-bond acceptors (Lipinski definition) is 4. The number of ether oxygens (including phenoxy) is 1. The quantitative estimate of drug-likeness (QED) is 0.379. The number of hydrogen-bond donors (Lipinski definition) is 2. The molecule has 2 N–H and O–H groups in total. The molecule has 0 atom stereocenters. The number of halogens is 1. The third-order valence-electron chi connectivity index (χ3n) is 3.36. The van der Waals surface area contributed by atoms with E-state index >= 15 is 0 Å². The summed E-state index contributed by atoms with van der Waals surface area (Å²) in [7, 11) is 3.47. The zero-order chi connectivity index (χ0) is 16.5. The highest BCUT2D eigenvalue weighted by atomic mass is 127. The van der Waals surface area contributed by atoms with Crippen molar-refractivity contribution in [3.8, 4) is 5.75 Å². The number of thiazole rings is 1. The van der Waals surface area contributed by atoms with Gasteiger partial charge in [0.25, 0.3) is 0 Å². The van der Waals surface area contributed by atoms with Crippen molar-refractivity contribution < 1.29 is 4.74 Å². The maximum absolute atomic E-state index is 5.24. The van der Waals surface area contributed by atoms with Crippen molar-refractivity contribution in [3.63, 3.8) is 0 Å². The van der Waals surface area contributed by atoms with Crippen molar-refractivity contribution in [1.82, 2.24) is 15.6 Å². The topological polar surface area (TPSA) is 58.5 Å². The van der Waals surface area contributed by atoms with Crippen LogP contribution in [0.5, 0.6) is 5.75 Å². The van der Waals surface area contributed by atoms with Gasteiger partial charge < -0.3 is 15.4 Å².